The van der Waals surface area contributed by atoms with E-state index in [1.54, 1.807) is 11.3 Å². The molecule has 1 N–H and O–H groups in total. The Morgan fingerprint density at radius 3 is 2.73 bits per heavy atom. The largest absolute Gasteiger partial charge is 0.316 e. The molecule has 0 aromatic carbocycles. The molecule has 1 aromatic heterocycles. The highest BCUT2D eigenvalue weighted by atomic mass is 32.2. The molecule has 1 rings (SSSR count). The number of thiazole rings is 1. The second-order valence-electron chi connectivity index (χ2n) is 4.58. The topological polar surface area (TPSA) is 24.9 Å². The highest BCUT2D eigenvalue weighted by molar-refractivity contribution is 8.00. The Hall–Kier alpha value is -0.0600. The van der Waals surface area contributed by atoms with Crippen molar-refractivity contribution in [2.75, 3.05) is 12.8 Å². The first kappa shape index (κ1) is 13.0. The molecule has 0 saturated carbocycles. The van der Waals surface area contributed by atoms with Gasteiger partial charge < -0.3 is 5.32 Å². The van der Waals surface area contributed by atoms with Gasteiger partial charge in [-0.2, -0.15) is 11.8 Å². The van der Waals surface area contributed by atoms with Crippen molar-refractivity contribution < 1.29 is 0 Å². The summed E-state index contributed by atoms with van der Waals surface area (Å²) >= 11 is 3.75. The fraction of sp³-hybridized carbons (Fsp3) is 0.727. The van der Waals surface area contributed by atoms with Gasteiger partial charge in [-0.1, -0.05) is 20.8 Å². The van der Waals surface area contributed by atoms with Gasteiger partial charge in [-0.3, -0.25) is 4.98 Å². The van der Waals surface area contributed by atoms with Gasteiger partial charge in [-0.25, -0.2) is 0 Å². The third-order valence-electron chi connectivity index (χ3n) is 2.06. The smallest absolute Gasteiger partial charge is 0.0794 e. The second-order valence-corrected chi connectivity index (χ2v) is 7.40. The molecule has 0 aliphatic rings. The SMILES string of the molecule is CNC(CSC(C)(C)C)Cc1cncs1. The zero-order valence-electron chi connectivity index (χ0n) is 9.91. The molecule has 1 heterocycles. The van der Waals surface area contributed by atoms with Gasteiger partial charge in [0.25, 0.3) is 0 Å². The van der Waals surface area contributed by atoms with Crippen LogP contribution < -0.4 is 5.32 Å². The monoisotopic (exact) mass is 244 g/mol. The van der Waals surface area contributed by atoms with Crippen molar-refractivity contribution in [1.82, 2.24) is 10.3 Å². The summed E-state index contributed by atoms with van der Waals surface area (Å²) in [6, 6.07) is 0.551. The molecule has 0 amide bonds. The van der Waals surface area contributed by atoms with E-state index in [0.29, 0.717) is 10.8 Å². The number of aromatic nitrogens is 1. The molecule has 0 aliphatic carbocycles. The Bertz CT molecular complexity index is 265. The summed E-state index contributed by atoms with van der Waals surface area (Å²) in [6.45, 7) is 6.78. The molecule has 1 aromatic rings. The molecule has 0 saturated heterocycles. The third-order valence-corrected chi connectivity index (χ3v) is 4.29. The number of hydrogen-bond donors (Lipinski definition) is 1. The summed E-state index contributed by atoms with van der Waals surface area (Å²) in [6.07, 6.45) is 3.06. The van der Waals surface area contributed by atoms with Crippen molar-refractivity contribution >= 4 is 23.1 Å². The lowest BCUT2D eigenvalue weighted by Gasteiger charge is -2.22. The van der Waals surface area contributed by atoms with Crippen LogP contribution in [0.25, 0.3) is 0 Å². The van der Waals surface area contributed by atoms with Crippen LogP contribution in [-0.4, -0.2) is 28.6 Å². The van der Waals surface area contributed by atoms with E-state index in [-0.39, 0.29) is 0 Å². The normalized spacial score (nSPS) is 14.1. The standard InChI is InChI=1S/C11H20N2S2/c1-11(2,3)15-7-9(12-4)5-10-6-13-8-14-10/h6,8-9,12H,5,7H2,1-4H3. The quantitative estimate of drug-likeness (QED) is 0.862. The lowest BCUT2D eigenvalue weighted by Crippen LogP contribution is -2.31. The molecule has 1 atom stereocenters. The van der Waals surface area contributed by atoms with Crippen molar-refractivity contribution in [1.29, 1.82) is 0 Å². The van der Waals surface area contributed by atoms with Crippen LogP contribution in [0.3, 0.4) is 0 Å². The number of nitrogens with zero attached hydrogens (tertiary/aromatic N) is 1. The summed E-state index contributed by atoms with van der Waals surface area (Å²) in [5.74, 6) is 1.15. The molecular weight excluding hydrogens is 224 g/mol. The van der Waals surface area contributed by atoms with Crippen LogP contribution in [0.1, 0.15) is 25.6 Å². The second kappa shape index (κ2) is 5.87. The van der Waals surface area contributed by atoms with Crippen LogP contribution >= 0.6 is 23.1 Å². The van der Waals surface area contributed by atoms with Crippen molar-refractivity contribution in [2.45, 2.75) is 38.0 Å². The molecule has 0 aliphatic heterocycles. The number of hydrogen-bond acceptors (Lipinski definition) is 4. The van der Waals surface area contributed by atoms with E-state index in [1.807, 2.05) is 30.5 Å². The molecule has 15 heavy (non-hydrogen) atoms. The van der Waals surface area contributed by atoms with Crippen molar-refractivity contribution in [2.24, 2.45) is 0 Å². The van der Waals surface area contributed by atoms with Crippen LogP contribution in [0.4, 0.5) is 0 Å². The first-order valence-electron chi connectivity index (χ1n) is 5.20. The maximum atomic E-state index is 4.10. The lowest BCUT2D eigenvalue weighted by molar-refractivity contribution is 0.617. The Kier molecular flexibility index (Phi) is 5.09. The number of thioether (sulfide) groups is 1. The minimum atomic E-state index is 0.350. The maximum absolute atomic E-state index is 4.10. The zero-order chi connectivity index (χ0) is 11.3. The summed E-state index contributed by atoms with van der Waals surface area (Å²) in [4.78, 5) is 5.47. The fourth-order valence-corrected chi connectivity index (χ4v) is 2.84. The van der Waals surface area contributed by atoms with E-state index in [4.69, 9.17) is 0 Å². The number of nitrogens with one attached hydrogen (secondary N) is 1. The average Bonchev–Trinajstić information content (AvgIpc) is 2.63. The van der Waals surface area contributed by atoms with Crippen molar-refractivity contribution in [3.8, 4) is 0 Å². The predicted molar refractivity (Wildman–Crippen MR) is 70.9 cm³/mol. The van der Waals surface area contributed by atoms with Crippen LogP contribution in [-0.2, 0) is 6.42 Å². The van der Waals surface area contributed by atoms with Gasteiger partial charge in [0.1, 0.15) is 0 Å². The molecule has 86 valence electrons. The first-order chi connectivity index (χ1) is 7.01. The Labute approximate surface area is 101 Å². The predicted octanol–water partition coefficient (Wildman–Crippen LogP) is 2.81. The van der Waals surface area contributed by atoms with E-state index in [9.17, 15) is 0 Å². The van der Waals surface area contributed by atoms with Gasteiger partial charge in [-0.05, 0) is 13.5 Å². The molecule has 1 unspecified atom stereocenters. The summed E-state index contributed by atoms with van der Waals surface area (Å²) in [7, 11) is 2.04. The molecule has 4 heteroatoms. The highest BCUT2D eigenvalue weighted by Gasteiger charge is 2.15. The van der Waals surface area contributed by atoms with Crippen LogP contribution in [0.2, 0.25) is 0 Å². The third kappa shape index (κ3) is 5.54. The summed E-state index contributed by atoms with van der Waals surface area (Å²) < 4.78 is 0.350. The lowest BCUT2D eigenvalue weighted by atomic mass is 10.2. The minimum absolute atomic E-state index is 0.350. The number of rotatable bonds is 5. The van der Waals surface area contributed by atoms with Crippen LogP contribution in [0, 0.1) is 0 Å². The molecule has 0 bridgehead atoms. The van der Waals surface area contributed by atoms with Crippen molar-refractivity contribution in [3.05, 3.63) is 16.6 Å². The highest BCUT2D eigenvalue weighted by Crippen LogP contribution is 2.24. The van der Waals surface area contributed by atoms with E-state index in [2.05, 4.69) is 31.1 Å². The van der Waals surface area contributed by atoms with Crippen molar-refractivity contribution in [3.63, 3.8) is 0 Å². The maximum Gasteiger partial charge on any atom is 0.0794 e. The van der Waals surface area contributed by atoms with E-state index in [0.717, 1.165) is 12.2 Å². The fourth-order valence-electron chi connectivity index (χ4n) is 1.18. The zero-order valence-corrected chi connectivity index (χ0v) is 11.5. The van der Waals surface area contributed by atoms with Gasteiger partial charge in [0, 0.05) is 27.6 Å². The van der Waals surface area contributed by atoms with E-state index in [1.165, 1.54) is 4.88 Å². The Morgan fingerprint density at radius 2 is 2.27 bits per heavy atom. The molecule has 0 fully saturated rings. The molecule has 0 spiro atoms. The first-order valence-corrected chi connectivity index (χ1v) is 7.06. The van der Waals surface area contributed by atoms with Crippen LogP contribution in [0.15, 0.2) is 11.7 Å². The molecule has 0 radical (unpaired) electrons. The summed E-state index contributed by atoms with van der Waals surface area (Å²) in [5, 5.41) is 3.37. The number of likely N-dealkylation sites (N-methyl/N-ethyl adjacent to an activating group) is 1. The van der Waals surface area contributed by atoms with Crippen LogP contribution in [0.5, 0.6) is 0 Å². The van der Waals surface area contributed by atoms with Gasteiger partial charge in [0.15, 0.2) is 0 Å². The van der Waals surface area contributed by atoms with E-state index < -0.39 is 0 Å². The van der Waals surface area contributed by atoms with Gasteiger partial charge in [-0.15, -0.1) is 11.3 Å². The minimum Gasteiger partial charge on any atom is -0.316 e. The van der Waals surface area contributed by atoms with E-state index >= 15 is 0 Å². The van der Waals surface area contributed by atoms with Gasteiger partial charge >= 0.3 is 0 Å². The van der Waals surface area contributed by atoms with Gasteiger partial charge in [0.2, 0.25) is 0 Å². The summed E-state index contributed by atoms with van der Waals surface area (Å²) in [5.41, 5.74) is 1.90. The Balaban J connectivity index is 2.36. The molecule has 2 nitrogen and oxygen atoms in total. The Morgan fingerprint density at radius 1 is 1.53 bits per heavy atom. The average molecular weight is 244 g/mol. The molecular formula is C11H20N2S2. The van der Waals surface area contributed by atoms with Gasteiger partial charge in [0.05, 0.1) is 5.51 Å².